The van der Waals surface area contributed by atoms with Gasteiger partial charge in [-0.3, -0.25) is 14.9 Å². The third kappa shape index (κ3) is 3.19. The SMILES string of the molecule is C[C@@]1(Cl)CS[C@@H]2[C@H](N)C(=O)N2[C@H]1C(=O)OCc1ccc([N+](=O)[O-])cc1. The lowest BCUT2D eigenvalue weighted by molar-refractivity contribution is -0.384. The average molecular weight is 386 g/mol. The van der Waals surface area contributed by atoms with Crippen molar-refractivity contribution >= 4 is 40.9 Å². The summed E-state index contributed by atoms with van der Waals surface area (Å²) in [6, 6.07) is 4.15. The number of halogens is 1. The Balaban J connectivity index is 1.68. The van der Waals surface area contributed by atoms with Crippen molar-refractivity contribution < 1.29 is 19.2 Å². The highest BCUT2D eigenvalue weighted by Gasteiger charge is 2.60. The predicted molar refractivity (Wildman–Crippen MR) is 92.0 cm³/mol. The van der Waals surface area contributed by atoms with Crippen LogP contribution < -0.4 is 5.73 Å². The maximum Gasteiger partial charge on any atom is 0.331 e. The molecule has 2 heterocycles. The average Bonchev–Trinajstić information content (AvgIpc) is 2.58. The quantitative estimate of drug-likeness (QED) is 0.272. The van der Waals surface area contributed by atoms with E-state index in [0.717, 1.165) is 0 Å². The van der Waals surface area contributed by atoms with E-state index in [1.165, 1.54) is 40.9 Å². The highest BCUT2D eigenvalue weighted by Crippen LogP contribution is 2.44. The molecule has 0 unspecified atom stereocenters. The summed E-state index contributed by atoms with van der Waals surface area (Å²) >= 11 is 7.89. The number of benzene rings is 1. The number of amides is 1. The van der Waals surface area contributed by atoms with Gasteiger partial charge in [0.05, 0.1) is 9.80 Å². The summed E-state index contributed by atoms with van der Waals surface area (Å²) in [7, 11) is 0. The number of hydrogen-bond donors (Lipinski definition) is 1. The number of rotatable bonds is 4. The molecule has 2 saturated heterocycles. The topological polar surface area (TPSA) is 116 Å². The highest BCUT2D eigenvalue weighted by atomic mass is 35.5. The molecule has 0 spiro atoms. The molecule has 1 aromatic carbocycles. The summed E-state index contributed by atoms with van der Waals surface area (Å²) in [5, 5.41) is 10.4. The standard InChI is InChI=1S/C15H16ClN3O5S/c1-15(16)7-25-13-10(17)12(20)18(13)11(15)14(21)24-6-8-2-4-9(5-3-8)19(22)23/h2-5,10-11,13H,6-7,17H2,1H3/t10-,11+,13-,15-/m1/s1. The van der Waals surface area contributed by atoms with Gasteiger partial charge in [-0.2, -0.15) is 0 Å². The smallest absolute Gasteiger partial charge is 0.331 e. The Morgan fingerprint density at radius 2 is 2.16 bits per heavy atom. The molecule has 3 rings (SSSR count). The Hall–Kier alpha value is -1.84. The first-order valence-corrected chi connectivity index (χ1v) is 8.93. The van der Waals surface area contributed by atoms with Gasteiger partial charge in [-0.05, 0) is 24.6 Å². The van der Waals surface area contributed by atoms with Gasteiger partial charge in [0.1, 0.15) is 18.0 Å². The Morgan fingerprint density at radius 3 is 2.76 bits per heavy atom. The fourth-order valence-corrected chi connectivity index (χ4v) is 4.64. The molecule has 0 bridgehead atoms. The monoisotopic (exact) mass is 385 g/mol. The van der Waals surface area contributed by atoms with Crippen LogP contribution in [0.1, 0.15) is 12.5 Å². The number of ether oxygens (including phenoxy) is 1. The van der Waals surface area contributed by atoms with Gasteiger partial charge in [0.2, 0.25) is 5.91 Å². The molecule has 0 radical (unpaired) electrons. The van der Waals surface area contributed by atoms with Gasteiger partial charge in [0.15, 0.2) is 6.04 Å². The molecule has 10 heteroatoms. The van der Waals surface area contributed by atoms with E-state index < -0.39 is 27.9 Å². The Morgan fingerprint density at radius 1 is 1.52 bits per heavy atom. The summed E-state index contributed by atoms with van der Waals surface area (Å²) < 4.78 is 5.30. The Kier molecular flexibility index (Phi) is 4.65. The van der Waals surface area contributed by atoms with Crippen LogP contribution in [0.3, 0.4) is 0 Å². The summed E-state index contributed by atoms with van der Waals surface area (Å²) in [5.41, 5.74) is 6.32. The van der Waals surface area contributed by atoms with E-state index >= 15 is 0 Å². The first kappa shape index (κ1) is 18.0. The lowest BCUT2D eigenvalue weighted by atomic mass is 9.94. The number of nitrogens with two attached hydrogens (primary N) is 1. The zero-order valence-corrected chi connectivity index (χ0v) is 14.8. The predicted octanol–water partition coefficient (Wildman–Crippen LogP) is 1.25. The molecule has 8 nitrogen and oxygen atoms in total. The summed E-state index contributed by atoms with van der Waals surface area (Å²) in [5.74, 6) is -0.462. The third-order valence-corrected chi connectivity index (χ3v) is 6.38. The van der Waals surface area contributed by atoms with Crippen molar-refractivity contribution in [3.8, 4) is 0 Å². The number of carbonyl (C=O) groups is 2. The van der Waals surface area contributed by atoms with Crippen molar-refractivity contribution in [3.63, 3.8) is 0 Å². The van der Waals surface area contributed by atoms with Crippen LogP contribution in [0, 0.1) is 10.1 Å². The minimum Gasteiger partial charge on any atom is -0.459 e. The molecule has 2 fully saturated rings. The largest absolute Gasteiger partial charge is 0.459 e. The molecule has 1 aromatic rings. The third-order valence-electron chi connectivity index (χ3n) is 4.26. The summed E-state index contributed by atoms with van der Waals surface area (Å²) in [6.07, 6.45) is 0. The Bertz CT molecular complexity index is 726. The van der Waals surface area contributed by atoms with Crippen LogP contribution in [0.2, 0.25) is 0 Å². The maximum absolute atomic E-state index is 12.5. The van der Waals surface area contributed by atoms with Crippen LogP contribution in [-0.2, 0) is 20.9 Å². The van der Waals surface area contributed by atoms with E-state index in [1.807, 2.05) is 0 Å². The summed E-state index contributed by atoms with van der Waals surface area (Å²) in [6.45, 7) is 1.62. The lowest BCUT2D eigenvalue weighted by Crippen LogP contribution is -2.77. The van der Waals surface area contributed by atoms with Crippen molar-refractivity contribution in [1.29, 1.82) is 0 Å². The van der Waals surface area contributed by atoms with E-state index in [2.05, 4.69) is 0 Å². The molecule has 4 atom stereocenters. The van der Waals surface area contributed by atoms with Gasteiger partial charge < -0.3 is 15.4 Å². The van der Waals surface area contributed by atoms with Crippen LogP contribution in [0.15, 0.2) is 24.3 Å². The van der Waals surface area contributed by atoms with E-state index in [9.17, 15) is 19.7 Å². The van der Waals surface area contributed by atoms with Gasteiger partial charge in [-0.1, -0.05) is 0 Å². The molecule has 1 amide bonds. The van der Waals surface area contributed by atoms with Crippen molar-refractivity contribution in [3.05, 3.63) is 39.9 Å². The first-order chi connectivity index (χ1) is 11.7. The number of non-ortho nitro benzene ring substituents is 1. The maximum atomic E-state index is 12.5. The molecule has 0 saturated carbocycles. The van der Waals surface area contributed by atoms with Crippen molar-refractivity contribution in [2.75, 3.05) is 5.75 Å². The molecule has 2 N–H and O–H groups in total. The number of nitro groups is 1. The number of nitro benzene ring substituents is 1. The zero-order chi connectivity index (χ0) is 18.4. The second-order valence-electron chi connectivity index (χ2n) is 6.18. The van der Waals surface area contributed by atoms with E-state index in [4.69, 9.17) is 22.1 Å². The molecule has 2 aliphatic heterocycles. The molecule has 0 aromatic heterocycles. The molecule has 25 heavy (non-hydrogen) atoms. The lowest BCUT2D eigenvalue weighted by Gasteiger charge is -2.55. The Labute approximate surface area is 152 Å². The number of thioether (sulfide) groups is 1. The molecular formula is C15H16ClN3O5S. The first-order valence-electron chi connectivity index (χ1n) is 7.50. The highest BCUT2D eigenvalue weighted by molar-refractivity contribution is 8.00. The van der Waals surface area contributed by atoms with Crippen LogP contribution >= 0.6 is 23.4 Å². The van der Waals surface area contributed by atoms with E-state index in [0.29, 0.717) is 11.3 Å². The zero-order valence-electron chi connectivity index (χ0n) is 13.3. The second kappa shape index (κ2) is 6.47. The molecule has 2 aliphatic rings. The van der Waals surface area contributed by atoms with Crippen LogP contribution in [0.25, 0.3) is 0 Å². The van der Waals surface area contributed by atoms with Crippen molar-refractivity contribution in [2.24, 2.45) is 5.73 Å². The van der Waals surface area contributed by atoms with Crippen LogP contribution in [-0.4, -0.2) is 49.8 Å². The number of carbonyl (C=O) groups excluding carboxylic acids is 2. The fraction of sp³-hybridized carbons (Fsp3) is 0.467. The van der Waals surface area contributed by atoms with Gasteiger partial charge >= 0.3 is 5.97 Å². The van der Waals surface area contributed by atoms with Crippen LogP contribution in [0.5, 0.6) is 0 Å². The van der Waals surface area contributed by atoms with Gasteiger partial charge in [-0.15, -0.1) is 23.4 Å². The van der Waals surface area contributed by atoms with Crippen molar-refractivity contribution in [2.45, 2.75) is 35.9 Å². The molecular weight excluding hydrogens is 370 g/mol. The fourth-order valence-electron chi connectivity index (χ4n) is 2.89. The number of hydrogen-bond acceptors (Lipinski definition) is 7. The number of β-lactam (4-membered cyclic amide) rings is 1. The number of esters is 1. The van der Waals surface area contributed by atoms with E-state index in [-0.39, 0.29) is 23.6 Å². The number of alkyl halides is 1. The number of fused-ring (bicyclic) bond motifs is 1. The normalized spacial score (nSPS) is 31.1. The van der Waals surface area contributed by atoms with Crippen molar-refractivity contribution in [1.82, 2.24) is 4.90 Å². The number of nitrogens with zero attached hydrogens (tertiary/aromatic N) is 2. The summed E-state index contributed by atoms with van der Waals surface area (Å²) in [4.78, 5) is 35.2. The molecule has 0 aliphatic carbocycles. The molecule has 134 valence electrons. The van der Waals surface area contributed by atoms with Gasteiger partial charge in [0.25, 0.3) is 5.69 Å². The van der Waals surface area contributed by atoms with Gasteiger partial charge in [0, 0.05) is 17.9 Å². The minimum atomic E-state index is -0.955. The minimum absolute atomic E-state index is 0.0456. The second-order valence-corrected chi connectivity index (χ2v) is 8.15. The van der Waals surface area contributed by atoms with Crippen LogP contribution in [0.4, 0.5) is 5.69 Å². The van der Waals surface area contributed by atoms with E-state index in [1.54, 1.807) is 6.92 Å². The van der Waals surface area contributed by atoms with Gasteiger partial charge in [-0.25, -0.2) is 4.79 Å².